The largest absolute Gasteiger partial charge is 0.379 e. The van der Waals surface area contributed by atoms with Crippen LogP contribution in [0.25, 0.3) is 0 Å². The number of carbonyl (C=O) groups excluding carboxylic acids is 1. The molecule has 0 radical (unpaired) electrons. The monoisotopic (exact) mass is 373 g/mol. The summed E-state index contributed by atoms with van der Waals surface area (Å²) < 4.78 is 18.2. The number of morpholine rings is 1. The van der Waals surface area contributed by atoms with Crippen molar-refractivity contribution in [2.45, 2.75) is 6.42 Å². The van der Waals surface area contributed by atoms with Gasteiger partial charge in [0.25, 0.3) is 5.91 Å². The third-order valence-corrected chi connectivity index (χ3v) is 4.33. The molecule has 1 aromatic heterocycles. The number of ether oxygens (including phenoxy) is 1. The average Bonchev–Trinajstić information content (AvgIpc) is 2.71. The first kappa shape index (κ1) is 19.2. The molecule has 0 unspecified atom stereocenters. The molecule has 144 valence electrons. The lowest BCUT2D eigenvalue weighted by Gasteiger charge is -2.26. The lowest BCUT2D eigenvalue weighted by atomic mass is 10.1. The van der Waals surface area contributed by atoms with Gasteiger partial charge in [-0.2, -0.15) is 0 Å². The van der Waals surface area contributed by atoms with Crippen LogP contribution in [-0.4, -0.2) is 66.7 Å². The Labute approximate surface area is 158 Å². The fourth-order valence-corrected chi connectivity index (χ4v) is 2.77. The molecule has 2 N–H and O–H groups in total. The zero-order valence-corrected chi connectivity index (χ0v) is 15.2. The quantitative estimate of drug-likeness (QED) is 0.727. The van der Waals surface area contributed by atoms with Crippen molar-refractivity contribution in [1.82, 2.24) is 20.2 Å². The Morgan fingerprint density at radius 3 is 2.59 bits per heavy atom. The third kappa shape index (κ3) is 6.26. The molecule has 0 aliphatic carbocycles. The first-order chi connectivity index (χ1) is 13.2. The Bertz CT molecular complexity index is 718. The van der Waals surface area contributed by atoms with Crippen molar-refractivity contribution in [2.75, 3.05) is 51.3 Å². The normalized spacial score (nSPS) is 14.7. The SMILES string of the molecule is O=C(NCCN1CCOCC1)c1cnc(NCCc2ccc(F)cc2)cn1. The van der Waals surface area contributed by atoms with E-state index >= 15 is 0 Å². The van der Waals surface area contributed by atoms with E-state index < -0.39 is 0 Å². The van der Waals surface area contributed by atoms with E-state index in [9.17, 15) is 9.18 Å². The van der Waals surface area contributed by atoms with Gasteiger partial charge in [-0.3, -0.25) is 9.69 Å². The first-order valence-electron chi connectivity index (χ1n) is 9.09. The average molecular weight is 373 g/mol. The molecule has 2 heterocycles. The van der Waals surface area contributed by atoms with E-state index in [4.69, 9.17) is 4.74 Å². The lowest BCUT2D eigenvalue weighted by molar-refractivity contribution is 0.0383. The molecular formula is C19H24FN5O2. The van der Waals surface area contributed by atoms with Crippen LogP contribution in [0.1, 0.15) is 16.1 Å². The van der Waals surface area contributed by atoms with Crippen LogP contribution in [0, 0.1) is 5.82 Å². The number of anilines is 1. The van der Waals surface area contributed by atoms with Crippen LogP contribution in [0.2, 0.25) is 0 Å². The van der Waals surface area contributed by atoms with E-state index in [1.54, 1.807) is 18.3 Å². The molecule has 7 nitrogen and oxygen atoms in total. The van der Waals surface area contributed by atoms with Crippen LogP contribution >= 0.6 is 0 Å². The van der Waals surface area contributed by atoms with Gasteiger partial charge < -0.3 is 15.4 Å². The van der Waals surface area contributed by atoms with Crippen molar-refractivity contribution in [3.63, 3.8) is 0 Å². The number of halogens is 1. The van der Waals surface area contributed by atoms with Gasteiger partial charge in [0, 0.05) is 32.7 Å². The Balaban J connectivity index is 1.38. The van der Waals surface area contributed by atoms with Crippen molar-refractivity contribution < 1.29 is 13.9 Å². The van der Waals surface area contributed by atoms with Gasteiger partial charge in [-0.1, -0.05) is 12.1 Å². The van der Waals surface area contributed by atoms with Crippen molar-refractivity contribution in [1.29, 1.82) is 0 Å². The van der Waals surface area contributed by atoms with Crippen LogP contribution < -0.4 is 10.6 Å². The molecule has 2 aromatic rings. The Morgan fingerprint density at radius 1 is 1.11 bits per heavy atom. The molecule has 0 bridgehead atoms. The zero-order chi connectivity index (χ0) is 18.9. The standard InChI is InChI=1S/C19H24FN5O2/c20-16-3-1-15(2-4-16)5-6-21-18-14-23-17(13-24-18)19(26)22-7-8-25-9-11-27-12-10-25/h1-4,13-14H,5-12H2,(H,21,24)(H,22,26). The second-order valence-electron chi connectivity index (χ2n) is 6.30. The number of carbonyl (C=O) groups is 1. The fraction of sp³-hybridized carbons (Fsp3) is 0.421. The molecule has 1 amide bonds. The number of nitrogens with zero attached hydrogens (tertiary/aromatic N) is 3. The summed E-state index contributed by atoms with van der Waals surface area (Å²) in [6.07, 6.45) is 3.75. The van der Waals surface area contributed by atoms with E-state index in [1.165, 1.54) is 18.3 Å². The maximum atomic E-state index is 12.9. The topological polar surface area (TPSA) is 79.4 Å². The number of hydrogen-bond acceptors (Lipinski definition) is 6. The molecular weight excluding hydrogens is 349 g/mol. The molecule has 1 saturated heterocycles. The number of aromatic nitrogens is 2. The molecule has 1 aliphatic rings. The highest BCUT2D eigenvalue weighted by atomic mass is 19.1. The van der Waals surface area contributed by atoms with E-state index in [2.05, 4.69) is 25.5 Å². The Hall–Kier alpha value is -2.58. The zero-order valence-electron chi connectivity index (χ0n) is 15.2. The summed E-state index contributed by atoms with van der Waals surface area (Å²) in [5, 5.41) is 6.00. The predicted octanol–water partition coefficient (Wildman–Crippen LogP) is 1.33. The smallest absolute Gasteiger partial charge is 0.271 e. The number of rotatable bonds is 8. The highest BCUT2D eigenvalue weighted by Crippen LogP contribution is 2.05. The molecule has 8 heteroatoms. The second-order valence-corrected chi connectivity index (χ2v) is 6.30. The summed E-state index contributed by atoms with van der Waals surface area (Å²) in [5.74, 6) is 0.131. The maximum absolute atomic E-state index is 12.9. The number of benzene rings is 1. The number of nitrogens with one attached hydrogen (secondary N) is 2. The van der Waals surface area contributed by atoms with Crippen LogP contribution in [0.4, 0.5) is 10.2 Å². The summed E-state index contributed by atoms with van der Waals surface area (Å²) in [5.41, 5.74) is 1.33. The summed E-state index contributed by atoms with van der Waals surface area (Å²) in [6, 6.07) is 6.41. The second kappa shape index (κ2) is 9.94. The van der Waals surface area contributed by atoms with Gasteiger partial charge in [-0.05, 0) is 24.1 Å². The predicted molar refractivity (Wildman–Crippen MR) is 100 cm³/mol. The Morgan fingerprint density at radius 2 is 1.89 bits per heavy atom. The number of amides is 1. The van der Waals surface area contributed by atoms with Gasteiger partial charge in [-0.25, -0.2) is 14.4 Å². The summed E-state index contributed by atoms with van der Waals surface area (Å²) in [6.45, 7) is 5.29. The molecule has 1 aliphatic heterocycles. The van der Waals surface area contributed by atoms with Crippen molar-refractivity contribution >= 4 is 11.7 Å². The van der Waals surface area contributed by atoms with Crippen LogP contribution in [0.5, 0.6) is 0 Å². The highest BCUT2D eigenvalue weighted by Gasteiger charge is 2.11. The molecule has 0 spiro atoms. The van der Waals surface area contributed by atoms with Gasteiger partial charge in [0.2, 0.25) is 0 Å². The van der Waals surface area contributed by atoms with Gasteiger partial charge >= 0.3 is 0 Å². The van der Waals surface area contributed by atoms with E-state index in [-0.39, 0.29) is 11.7 Å². The van der Waals surface area contributed by atoms with E-state index in [1.807, 2.05) is 0 Å². The van der Waals surface area contributed by atoms with Crippen molar-refractivity contribution in [3.05, 3.63) is 53.7 Å². The van der Waals surface area contributed by atoms with Gasteiger partial charge in [0.15, 0.2) is 0 Å². The molecule has 27 heavy (non-hydrogen) atoms. The Kier molecular flexibility index (Phi) is 7.06. The van der Waals surface area contributed by atoms with Crippen LogP contribution in [0.15, 0.2) is 36.7 Å². The maximum Gasteiger partial charge on any atom is 0.271 e. The molecule has 3 rings (SSSR count). The highest BCUT2D eigenvalue weighted by molar-refractivity contribution is 5.91. The summed E-state index contributed by atoms with van der Waals surface area (Å²) in [4.78, 5) is 22.8. The molecule has 1 aromatic carbocycles. The lowest BCUT2D eigenvalue weighted by Crippen LogP contribution is -2.41. The molecule has 0 atom stereocenters. The fourth-order valence-electron chi connectivity index (χ4n) is 2.77. The third-order valence-electron chi connectivity index (χ3n) is 4.33. The van der Waals surface area contributed by atoms with Crippen LogP contribution in [0.3, 0.4) is 0 Å². The minimum absolute atomic E-state index is 0.228. The van der Waals surface area contributed by atoms with Crippen molar-refractivity contribution in [2.24, 2.45) is 0 Å². The molecule has 0 saturated carbocycles. The molecule has 1 fully saturated rings. The minimum atomic E-state index is -0.239. The van der Waals surface area contributed by atoms with Gasteiger partial charge in [0.1, 0.15) is 17.3 Å². The van der Waals surface area contributed by atoms with E-state index in [0.29, 0.717) is 24.6 Å². The van der Waals surface area contributed by atoms with Gasteiger partial charge in [-0.15, -0.1) is 0 Å². The number of hydrogen-bond donors (Lipinski definition) is 2. The van der Waals surface area contributed by atoms with Gasteiger partial charge in [0.05, 0.1) is 25.6 Å². The van der Waals surface area contributed by atoms with E-state index in [0.717, 1.165) is 44.8 Å². The van der Waals surface area contributed by atoms with Crippen molar-refractivity contribution in [3.8, 4) is 0 Å². The summed E-state index contributed by atoms with van der Waals surface area (Å²) >= 11 is 0. The summed E-state index contributed by atoms with van der Waals surface area (Å²) in [7, 11) is 0. The minimum Gasteiger partial charge on any atom is -0.379 e. The first-order valence-corrected chi connectivity index (χ1v) is 9.09. The van der Waals surface area contributed by atoms with Crippen LogP contribution in [-0.2, 0) is 11.2 Å².